The number of fused-ring (bicyclic) bond motifs is 1. The van der Waals surface area contributed by atoms with E-state index in [1.165, 1.54) is 33.5 Å². The molecule has 152 valence electrons. The van der Waals surface area contributed by atoms with E-state index < -0.39 is 11.6 Å². The Kier molecular flexibility index (Phi) is 6.07. The van der Waals surface area contributed by atoms with Crippen molar-refractivity contribution in [3.05, 3.63) is 63.5 Å². The Balaban J connectivity index is 1.90. The Morgan fingerprint density at radius 2 is 1.62 bits per heavy atom. The van der Waals surface area contributed by atoms with Gasteiger partial charge in [0.1, 0.15) is 23.5 Å². The molecule has 0 aliphatic rings. The van der Waals surface area contributed by atoms with Gasteiger partial charge in [-0.15, -0.1) is 0 Å². The zero-order chi connectivity index (χ0) is 21.0. The van der Waals surface area contributed by atoms with Gasteiger partial charge in [0.15, 0.2) is 11.5 Å². The Morgan fingerprint density at radius 3 is 2.28 bits per heavy atom. The molecule has 0 atom stereocenters. The first-order chi connectivity index (χ1) is 14.0. The average Bonchev–Trinajstić information content (AvgIpc) is 2.75. The van der Waals surface area contributed by atoms with E-state index >= 15 is 0 Å². The van der Waals surface area contributed by atoms with E-state index in [2.05, 4.69) is 0 Å². The van der Waals surface area contributed by atoms with Gasteiger partial charge in [0.25, 0.3) is 0 Å². The molecule has 3 aromatic rings. The van der Waals surface area contributed by atoms with Gasteiger partial charge in [-0.25, -0.2) is 9.59 Å². The summed E-state index contributed by atoms with van der Waals surface area (Å²) in [6.45, 7) is 1.92. The highest BCUT2D eigenvalue weighted by Crippen LogP contribution is 2.35. The maximum absolute atomic E-state index is 12.7. The van der Waals surface area contributed by atoms with Gasteiger partial charge in [-0.05, 0) is 18.1 Å². The molecule has 0 unspecified atom stereocenters. The first kappa shape index (κ1) is 20.3. The van der Waals surface area contributed by atoms with Crippen LogP contribution in [0.4, 0.5) is 0 Å². The van der Waals surface area contributed by atoms with E-state index in [0.29, 0.717) is 28.0 Å². The van der Waals surface area contributed by atoms with E-state index in [1.807, 2.05) is 25.1 Å². The molecule has 0 saturated heterocycles. The molecular formula is C22H22O7. The molecular weight excluding hydrogens is 376 g/mol. The minimum Gasteiger partial charge on any atom is -0.496 e. The van der Waals surface area contributed by atoms with Crippen LogP contribution in [-0.2, 0) is 17.8 Å². The number of carbonyl (C=O) groups excluding carboxylic acids is 1. The first-order valence-electron chi connectivity index (χ1n) is 9.03. The summed E-state index contributed by atoms with van der Waals surface area (Å²) in [6.07, 6.45) is 0.817. The number of hydrogen-bond acceptors (Lipinski definition) is 7. The van der Waals surface area contributed by atoms with Crippen molar-refractivity contribution in [2.24, 2.45) is 0 Å². The Hall–Kier alpha value is -3.48. The van der Waals surface area contributed by atoms with Crippen LogP contribution in [0.5, 0.6) is 17.2 Å². The fourth-order valence-corrected chi connectivity index (χ4v) is 3.02. The first-order valence-corrected chi connectivity index (χ1v) is 9.03. The molecule has 3 rings (SSSR count). The lowest BCUT2D eigenvalue weighted by atomic mass is 10.1. The van der Waals surface area contributed by atoms with Crippen molar-refractivity contribution >= 4 is 16.9 Å². The molecule has 29 heavy (non-hydrogen) atoms. The Labute approximate surface area is 167 Å². The molecule has 0 fully saturated rings. The van der Waals surface area contributed by atoms with Crippen molar-refractivity contribution < 1.29 is 28.2 Å². The van der Waals surface area contributed by atoms with Crippen LogP contribution < -0.4 is 19.8 Å². The Bertz CT molecular complexity index is 1100. The van der Waals surface area contributed by atoms with Gasteiger partial charge in [0.05, 0.1) is 21.3 Å². The minimum absolute atomic E-state index is 0.0933. The number of methoxy groups -OCH3 is 3. The monoisotopic (exact) mass is 398 g/mol. The lowest BCUT2D eigenvalue weighted by molar-refractivity contribution is 0.0469. The SMILES string of the molecule is CCc1ccc2c(COC(=O)c3cc(OC)c(OC)cc3OC)cc(=O)oc2c1. The van der Waals surface area contributed by atoms with E-state index in [4.69, 9.17) is 23.4 Å². The largest absolute Gasteiger partial charge is 0.496 e. The van der Waals surface area contributed by atoms with Crippen LogP contribution in [0.1, 0.15) is 28.4 Å². The van der Waals surface area contributed by atoms with Crippen molar-refractivity contribution in [1.29, 1.82) is 0 Å². The van der Waals surface area contributed by atoms with E-state index in [1.54, 1.807) is 6.07 Å². The van der Waals surface area contributed by atoms with Crippen molar-refractivity contribution in [1.82, 2.24) is 0 Å². The fraction of sp³-hybridized carbons (Fsp3) is 0.273. The van der Waals surface area contributed by atoms with Crippen molar-refractivity contribution in [2.45, 2.75) is 20.0 Å². The summed E-state index contributed by atoms with van der Waals surface area (Å²) < 4.78 is 26.5. The molecule has 0 bridgehead atoms. The third-order valence-corrected chi connectivity index (χ3v) is 4.59. The zero-order valence-electron chi connectivity index (χ0n) is 16.7. The van der Waals surface area contributed by atoms with Gasteiger partial charge in [0, 0.05) is 29.1 Å². The maximum atomic E-state index is 12.7. The number of ether oxygens (including phenoxy) is 4. The van der Waals surface area contributed by atoms with Crippen LogP contribution in [0.2, 0.25) is 0 Å². The average molecular weight is 398 g/mol. The van der Waals surface area contributed by atoms with Crippen LogP contribution in [0, 0.1) is 0 Å². The second kappa shape index (κ2) is 8.68. The Morgan fingerprint density at radius 1 is 0.931 bits per heavy atom. The van der Waals surface area contributed by atoms with Gasteiger partial charge in [-0.2, -0.15) is 0 Å². The molecule has 0 saturated carbocycles. The van der Waals surface area contributed by atoms with E-state index in [9.17, 15) is 9.59 Å². The number of esters is 1. The molecule has 0 aliphatic heterocycles. The summed E-state index contributed by atoms with van der Waals surface area (Å²) in [5, 5.41) is 0.717. The number of aryl methyl sites for hydroxylation is 1. The van der Waals surface area contributed by atoms with Gasteiger partial charge in [0.2, 0.25) is 0 Å². The summed E-state index contributed by atoms with van der Waals surface area (Å²) in [5.41, 5.74) is 1.76. The van der Waals surface area contributed by atoms with Crippen molar-refractivity contribution in [3.8, 4) is 17.2 Å². The van der Waals surface area contributed by atoms with Gasteiger partial charge < -0.3 is 23.4 Å². The molecule has 0 spiro atoms. The van der Waals surface area contributed by atoms with Crippen LogP contribution in [0.3, 0.4) is 0 Å². The quantitative estimate of drug-likeness (QED) is 0.443. The lowest BCUT2D eigenvalue weighted by Crippen LogP contribution is -2.10. The summed E-state index contributed by atoms with van der Waals surface area (Å²) in [7, 11) is 4.41. The van der Waals surface area contributed by atoms with Crippen molar-refractivity contribution in [2.75, 3.05) is 21.3 Å². The molecule has 0 N–H and O–H groups in total. The number of benzene rings is 2. The molecule has 7 nitrogen and oxygen atoms in total. The smallest absolute Gasteiger partial charge is 0.342 e. The third-order valence-electron chi connectivity index (χ3n) is 4.59. The van der Waals surface area contributed by atoms with Crippen LogP contribution in [-0.4, -0.2) is 27.3 Å². The predicted molar refractivity (Wildman–Crippen MR) is 107 cm³/mol. The minimum atomic E-state index is -0.616. The number of rotatable bonds is 7. The second-order valence-corrected chi connectivity index (χ2v) is 6.26. The van der Waals surface area contributed by atoms with Crippen LogP contribution >= 0.6 is 0 Å². The summed E-state index contributed by atoms with van der Waals surface area (Å²) in [6, 6.07) is 9.99. The fourth-order valence-electron chi connectivity index (χ4n) is 3.02. The highest BCUT2D eigenvalue weighted by atomic mass is 16.5. The summed E-state index contributed by atoms with van der Waals surface area (Å²) in [5.74, 6) is 0.476. The van der Waals surface area contributed by atoms with Gasteiger partial charge >= 0.3 is 11.6 Å². The molecule has 0 amide bonds. The van der Waals surface area contributed by atoms with E-state index in [0.717, 1.165) is 12.0 Å². The number of carbonyl (C=O) groups is 1. The van der Waals surface area contributed by atoms with Crippen molar-refractivity contribution in [3.63, 3.8) is 0 Å². The predicted octanol–water partition coefficient (Wildman–Crippen LogP) is 3.74. The lowest BCUT2D eigenvalue weighted by Gasteiger charge is -2.14. The summed E-state index contributed by atoms with van der Waals surface area (Å²) in [4.78, 5) is 24.6. The number of hydrogen-bond donors (Lipinski definition) is 0. The van der Waals surface area contributed by atoms with Crippen LogP contribution in [0.25, 0.3) is 11.0 Å². The van der Waals surface area contributed by atoms with E-state index in [-0.39, 0.29) is 17.9 Å². The molecule has 2 aromatic carbocycles. The molecule has 0 aliphatic carbocycles. The highest BCUT2D eigenvalue weighted by Gasteiger charge is 2.19. The molecule has 0 radical (unpaired) electrons. The molecule has 1 aromatic heterocycles. The normalized spacial score (nSPS) is 10.6. The highest BCUT2D eigenvalue weighted by molar-refractivity contribution is 5.93. The van der Waals surface area contributed by atoms with Crippen LogP contribution in [0.15, 0.2) is 45.6 Å². The molecule has 7 heteroatoms. The van der Waals surface area contributed by atoms with Gasteiger partial charge in [-0.3, -0.25) is 0 Å². The zero-order valence-corrected chi connectivity index (χ0v) is 16.7. The standard InChI is InChI=1S/C22H22O7/c1-5-13-6-7-15-14(9-21(23)29-18(15)8-13)12-28-22(24)16-10-19(26-3)20(27-4)11-17(16)25-2/h6-11H,5,12H2,1-4H3. The maximum Gasteiger partial charge on any atom is 0.342 e. The third kappa shape index (κ3) is 4.18. The second-order valence-electron chi connectivity index (χ2n) is 6.26. The molecule has 1 heterocycles. The van der Waals surface area contributed by atoms with Gasteiger partial charge in [-0.1, -0.05) is 19.1 Å². The topological polar surface area (TPSA) is 84.2 Å². The summed E-state index contributed by atoms with van der Waals surface area (Å²) >= 11 is 0.